The van der Waals surface area contributed by atoms with Crippen LogP contribution < -0.4 is 10.6 Å². The molecule has 2 aromatic carbocycles. The Balaban J connectivity index is 1.87. The fourth-order valence-electron chi connectivity index (χ4n) is 2.93. The van der Waals surface area contributed by atoms with Crippen LogP contribution >= 0.6 is 11.6 Å². The van der Waals surface area contributed by atoms with Gasteiger partial charge in [0.15, 0.2) is 15.8 Å². The molecule has 1 atom stereocenters. The van der Waals surface area contributed by atoms with Gasteiger partial charge in [-0.15, -0.1) is 0 Å². The number of sulfone groups is 1. The first-order valence-corrected chi connectivity index (χ1v) is 11.6. The Morgan fingerprint density at radius 3 is 2.21 bits per heavy atom. The van der Waals surface area contributed by atoms with Crippen molar-refractivity contribution in [3.05, 3.63) is 64.7 Å². The highest BCUT2D eigenvalue weighted by atomic mass is 35.5. The number of aliphatic imine (C=N–C) groups is 1. The third kappa shape index (κ3) is 7.34. The number of hydrogen-bond acceptors (Lipinski definition) is 4. The summed E-state index contributed by atoms with van der Waals surface area (Å²) in [4.78, 5) is 6.76. The lowest BCUT2D eigenvalue weighted by atomic mass is 10.1. The standard InChI is InChI=1S/C21H29ClN4O2S/c1-23-21(24-14-13-16-5-11-19(12-6-16)29(4,27)28)25-15-20(26(2)3)17-7-9-18(22)10-8-17/h5-12,20H,13-15H2,1-4H3,(H2,23,24,25). The summed E-state index contributed by atoms with van der Waals surface area (Å²) < 4.78 is 23.1. The van der Waals surface area contributed by atoms with Crippen molar-refractivity contribution >= 4 is 27.4 Å². The van der Waals surface area contributed by atoms with E-state index in [1.807, 2.05) is 50.5 Å². The van der Waals surface area contributed by atoms with Gasteiger partial charge in [-0.3, -0.25) is 4.99 Å². The molecule has 158 valence electrons. The fraction of sp³-hybridized carbons (Fsp3) is 0.381. The third-order valence-corrected chi connectivity index (χ3v) is 6.00. The van der Waals surface area contributed by atoms with Crippen LogP contribution in [0.5, 0.6) is 0 Å². The Bertz CT molecular complexity index is 911. The van der Waals surface area contributed by atoms with E-state index in [4.69, 9.17) is 11.6 Å². The SMILES string of the molecule is CN=C(NCCc1ccc(S(C)(=O)=O)cc1)NCC(c1ccc(Cl)cc1)N(C)C. The van der Waals surface area contributed by atoms with Crippen LogP contribution in [0.1, 0.15) is 17.2 Å². The lowest BCUT2D eigenvalue weighted by Gasteiger charge is -2.26. The second kappa shape index (κ2) is 10.6. The van der Waals surface area contributed by atoms with Crippen molar-refractivity contribution in [1.29, 1.82) is 0 Å². The first kappa shape index (κ1) is 23.2. The summed E-state index contributed by atoms with van der Waals surface area (Å²) in [5, 5.41) is 7.39. The first-order chi connectivity index (χ1) is 13.7. The Morgan fingerprint density at radius 2 is 1.69 bits per heavy atom. The largest absolute Gasteiger partial charge is 0.356 e. The zero-order valence-electron chi connectivity index (χ0n) is 17.3. The molecule has 8 heteroatoms. The lowest BCUT2D eigenvalue weighted by Crippen LogP contribution is -2.42. The minimum Gasteiger partial charge on any atom is -0.356 e. The van der Waals surface area contributed by atoms with Crippen molar-refractivity contribution < 1.29 is 8.42 Å². The molecule has 29 heavy (non-hydrogen) atoms. The monoisotopic (exact) mass is 436 g/mol. The molecule has 6 nitrogen and oxygen atoms in total. The molecule has 0 bridgehead atoms. The van der Waals surface area contributed by atoms with Crippen LogP contribution in [0.15, 0.2) is 58.4 Å². The molecular weight excluding hydrogens is 408 g/mol. The van der Waals surface area contributed by atoms with Gasteiger partial charge in [0.05, 0.1) is 10.9 Å². The zero-order valence-corrected chi connectivity index (χ0v) is 18.9. The molecule has 0 radical (unpaired) electrons. The van der Waals surface area contributed by atoms with Gasteiger partial charge in [0.2, 0.25) is 0 Å². The van der Waals surface area contributed by atoms with Crippen molar-refractivity contribution in [3.63, 3.8) is 0 Å². The minimum atomic E-state index is -3.16. The maximum atomic E-state index is 11.5. The van der Waals surface area contributed by atoms with E-state index >= 15 is 0 Å². The van der Waals surface area contributed by atoms with Crippen molar-refractivity contribution in [2.45, 2.75) is 17.4 Å². The molecule has 1 unspecified atom stereocenters. The molecule has 0 fully saturated rings. The van der Waals surface area contributed by atoms with Gasteiger partial charge in [-0.2, -0.15) is 0 Å². The highest BCUT2D eigenvalue weighted by Crippen LogP contribution is 2.19. The summed E-state index contributed by atoms with van der Waals surface area (Å²) >= 11 is 6.00. The predicted octanol–water partition coefficient (Wildman–Crippen LogP) is 2.75. The molecule has 0 aromatic heterocycles. The van der Waals surface area contributed by atoms with E-state index in [1.165, 1.54) is 11.8 Å². The van der Waals surface area contributed by atoms with E-state index in [-0.39, 0.29) is 6.04 Å². The first-order valence-electron chi connectivity index (χ1n) is 9.36. The maximum absolute atomic E-state index is 11.5. The van der Waals surface area contributed by atoms with Crippen LogP contribution in [0.3, 0.4) is 0 Å². The van der Waals surface area contributed by atoms with Crippen molar-refractivity contribution in [2.24, 2.45) is 4.99 Å². The Kier molecular flexibility index (Phi) is 8.49. The summed E-state index contributed by atoms with van der Waals surface area (Å²) in [5.41, 5.74) is 2.24. The molecule has 0 amide bonds. The molecule has 0 aliphatic heterocycles. The number of guanidine groups is 1. The van der Waals surface area contributed by atoms with Gasteiger partial charge in [0.1, 0.15) is 0 Å². The molecule has 0 saturated heterocycles. The van der Waals surface area contributed by atoms with Gasteiger partial charge >= 0.3 is 0 Å². The van der Waals surface area contributed by atoms with Crippen LogP contribution in [0.2, 0.25) is 5.02 Å². The summed E-state index contributed by atoms with van der Waals surface area (Å²) in [6, 6.07) is 15.0. The molecule has 0 heterocycles. The Hall–Kier alpha value is -2.09. The second-order valence-electron chi connectivity index (χ2n) is 7.08. The Morgan fingerprint density at radius 1 is 1.07 bits per heavy atom. The lowest BCUT2D eigenvalue weighted by molar-refractivity contribution is 0.298. The molecule has 2 rings (SSSR count). The van der Waals surface area contributed by atoms with Crippen molar-refractivity contribution in [1.82, 2.24) is 15.5 Å². The van der Waals surface area contributed by atoms with Gasteiger partial charge in [-0.1, -0.05) is 35.9 Å². The van der Waals surface area contributed by atoms with Crippen LogP contribution in [0, 0.1) is 0 Å². The van der Waals surface area contributed by atoms with Gasteiger partial charge in [0.25, 0.3) is 0 Å². The minimum absolute atomic E-state index is 0.175. The van der Waals surface area contributed by atoms with Gasteiger partial charge in [0, 0.05) is 31.4 Å². The molecule has 0 aliphatic rings. The molecule has 2 aromatic rings. The van der Waals surface area contributed by atoms with E-state index in [0.717, 1.165) is 23.0 Å². The molecule has 2 N–H and O–H groups in total. The quantitative estimate of drug-likeness (QED) is 0.491. The third-order valence-electron chi connectivity index (χ3n) is 4.62. The zero-order chi connectivity index (χ0) is 21.4. The molecular formula is C21H29ClN4O2S. The van der Waals surface area contributed by atoms with E-state index in [2.05, 4.69) is 20.5 Å². The number of halogens is 1. The summed E-state index contributed by atoms with van der Waals surface area (Å²) in [5.74, 6) is 0.721. The van der Waals surface area contributed by atoms with Crippen LogP contribution in [0.25, 0.3) is 0 Å². The normalized spacial score (nSPS) is 13.4. The van der Waals surface area contributed by atoms with E-state index in [0.29, 0.717) is 18.0 Å². The summed E-state index contributed by atoms with van der Waals surface area (Å²) in [7, 11) is 2.66. The molecule has 0 spiro atoms. The Labute approximate surface area is 178 Å². The average molecular weight is 437 g/mol. The maximum Gasteiger partial charge on any atom is 0.191 e. The highest BCUT2D eigenvalue weighted by molar-refractivity contribution is 7.90. The molecule has 0 saturated carbocycles. The number of nitrogens with one attached hydrogen (secondary N) is 2. The van der Waals surface area contributed by atoms with Crippen LogP contribution in [0.4, 0.5) is 0 Å². The van der Waals surface area contributed by atoms with Gasteiger partial charge in [-0.25, -0.2) is 8.42 Å². The number of likely N-dealkylation sites (N-methyl/N-ethyl adjacent to an activating group) is 1. The van der Waals surface area contributed by atoms with Gasteiger partial charge < -0.3 is 15.5 Å². The van der Waals surface area contributed by atoms with E-state index in [1.54, 1.807) is 19.2 Å². The fourth-order valence-corrected chi connectivity index (χ4v) is 3.68. The average Bonchev–Trinajstić information content (AvgIpc) is 2.67. The summed E-state index contributed by atoms with van der Waals surface area (Å²) in [6.45, 7) is 1.38. The number of nitrogens with zero attached hydrogens (tertiary/aromatic N) is 2. The molecule has 0 aliphatic carbocycles. The van der Waals surface area contributed by atoms with Crippen LogP contribution in [-0.4, -0.2) is 59.8 Å². The van der Waals surface area contributed by atoms with E-state index in [9.17, 15) is 8.42 Å². The van der Waals surface area contributed by atoms with E-state index < -0.39 is 9.84 Å². The van der Waals surface area contributed by atoms with Crippen LogP contribution in [-0.2, 0) is 16.3 Å². The smallest absolute Gasteiger partial charge is 0.191 e. The topological polar surface area (TPSA) is 73.8 Å². The second-order valence-corrected chi connectivity index (χ2v) is 9.53. The number of rotatable bonds is 8. The predicted molar refractivity (Wildman–Crippen MR) is 121 cm³/mol. The number of benzene rings is 2. The highest BCUT2D eigenvalue weighted by Gasteiger charge is 2.14. The van der Waals surface area contributed by atoms with Crippen molar-refractivity contribution in [3.8, 4) is 0 Å². The van der Waals surface area contributed by atoms with Crippen molar-refractivity contribution in [2.75, 3.05) is 40.5 Å². The number of hydrogen-bond donors (Lipinski definition) is 2. The summed E-state index contributed by atoms with van der Waals surface area (Å²) in [6.07, 6.45) is 1.98. The van der Waals surface area contributed by atoms with Gasteiger partial charge in [-0.05, 0) is 55.9 Å².